The topological polar surface area (TPSA) is 63.3 Å². The Hall–Kier alpha value is -4.01. The summed E-state index contributed by atoms with van der Waals surface area (Å²) >= 11 is 0. The molecule has 33 heavy (non-hydrogen) atoms. The van der Waals surface area contributed by atoms with Crippen LogP contribution in [-0.4, -0.2) is 22.7 Å². The molecule has 0 atom stereocenters. The van der Waals surface area contributed by atoms with Gasteiger partial charge in [-0.15, -0.1) is 5.10 Å². The van der Waals surface area contributed by atoms with Crippen molar-refractivity contribution in [3.63, 3.8) is 0 Å². The first-order valence-electron chi connectivity index (χ1n) is 9.84. The van der Waals surface area contributed by atoms with Gasteiger partial charge in [0.25, 0.3) is 0 Å². The van der Waals surface area contributed by atoms with Crippen molar-refractivity contribution in [1.82, 2.24) is 9.78 Å². The second-order valence-corrected chi connectivity index (χ2v) is 7.22. The summed E-state index contributed by atoms with van der Waals surface area (Å²) in [4.78, 5) is 4.11. The highest BCUT2D eigenvalue weighted by Crippen LogP contribution is 2.39. The van der Waals surface area contributed by atoms with Crippen LogP contribution in [0.25, 0.3) is 21.9 Å². The first-order chi connectivity index (χ1) is 15.7. The van der Waals surface area contributed by atoms with Crippen LogP contribution < -0.4 is 10.2 Å². The number of hydrogen-bond acceptors (Lipinski definition) is 4. The molecule has 0 fully saturated rings. The van der Waals surface area contributed by atoms with E-state index in [0.717, 1.165) is 16.8 Å². The summed E-state index contributed by atoms with van der Waals surface area (Å²) in [5.41, 5.74) is 0.399. The molecule has 0 bridgehead atoms. The highest BCUT2D eigenvalue weighted by Gasteiger charge is 2.31. The Morgan fingerprint density at radius 3 is 2.36 bits per heavy atom. The Morgan fingerprint density at radius 1 is 1.00 bits per heavy atom. The molecule has 5 nitrogen and oxygen atoms in total. The minimum absolute atomic E-state index is 0.0288. The molecule has 1 aromatic heterocycles. The molecule has 0 aliphatic carbocycles. The second-order valence-electron chi connectivity index (χ2n) is 7.22. The number of nitrogens with one attached hydrogen (secondary N) is 1. The molecule has 0 saturated heterocycles. The van der Waals surface area contributed by atoms with E-state index in [-0.39, 0.29) is 23.0 Å². The third kappa shape index (κ3) is 4.34. The predicted molar refractivity (Wildman–Crippen MR) is 117 cm³/mol. The van der Waals surface area contributed by atoms with Gasteiger partial charge in [0.2, 0.25) is 5.88 Å². The third-order valence-electron chi connectivity index (χ3n) is 4.97. The summed E-state index contributed by atoms with van der Waals surface area (Å²) in [7, 11) is 1.47. The number of benzene rings is 3. The number of hydrogen-bond donors (Lipinski definition) is 1. The van der Waals surface area contributed by atoms with E-state index in [9.17, 15) is 17.6 Å². The van der Waals surface area contributed by atoms with Gasteiger partial charge in [-0.05, 0) is 42.8 Å². The second kappa shape index (κ2) is 8.50. The fourth-order valence-electron chi connectivity index (χ4n) is 3.46. The quantitative estimate of drug-likeness (QED) is 0.233. The first kappa shape index (κ1) is 22.2. The number of rotatable bonds is 3. The molecule has 0 saturated carbocycles. The Balaban J connectivity index is 1.99. The molecular weight excluding hydrogens is 436 g/mol. The molecule has 3 aromatic carbocycles. The van der Waals surface area contributed by atoms with Crippen LogP contribution in [0.2, 0.25) is 0 Å². The maximum Gasteiger partial charge on any atom is 0.416 e. The summed E-state index contributed by atoms with van der Waals surface area (Å²) in [6, 6.07) is 15.9. The van der Waals surface area contributed by atoms with Crippen molar-refractivity contribution in [2.75, 3.05) is 7.05 Å². The lowest BCUT2D eigenvalue weighted by Gasteiger charge is -2.17. The van der Waals surface area contributed by atoms with Crippen molar-refractivity contribution >= 4 is 16.6 Å². The predicted octanol–water partition coefficient (Wildman–Crippen LogP) is 6.03. The fourth-order valence-corrected chi connectivity index (χ4v) is 3.46. The van der Waals surface area contributed by atoms with Crippen LogP contribution in [0.1, 0.15) is 12.5 Å². The van der Waals surface area contributed by atoms with Crippen LogP contribution in [0.5, 0.6) is 11.6 Å². The molecule has 0 amide bonds. The van der Waals surface area contributed by atoms with Crippen LogP contribution in [-0.2, 0) is 6.18 Å². The lowest BCUT2D eigenvalue weighted by molar-refractivity contribution is -0.137. The Labute approximate surface area is 186 Å². The minimum atomic E-state index is -4.58. The maximum atomic E-state index is 14.0. The first-order valence-corrected chi connectivity index (χ1v) is 9.84. The highest BCUT2D eigenvalue weighted by molar-refractivity contribution is 5.89. The van der Waals surface area contributed by atoms with E-state index in [1.165, 1.54) is 38.2 Å². The molecule has 168 valence electrons. The number of nitrogens with zero attached hydrogens (tertiary/aromatic N) is 3. The zero-order valence-electron chi connectivity index (χ0n) is 17.6. The lowest BCUT2D eigenvalue weighted by Crippen LogP contribution is -2.29. The van der Waals surface area contributed by atoms with Crippen LogP contribution in [0.15, 0.2) is 71.7 Å². The van der Waals surface area contributed by atoms with E-state index in [2.05, 4.69) is 10.1 Å². The van der Waals surface area contributed by atoms with Crippen molar-refractivity contribution in [3.8, 4) is 22.8 Å². The van der Waals surface area contributed by atoms with Gasteiger partial charge in [-0.2, -0.15) is 17.9 Å². The van der Waals surface area contributed by atoms with Crippen molar-refractivity contribution in [1.29, 1.82) is 5.41 Å². The average Bonchev–Trinajstić information content (AvgIpc) is 2.78. The zero-order valence-corrected chi connectivity index (χ0v) is 17.6. The molecule has 0 unspecified atom stereocenters. The monoisotopic (exact) mass is 454 g/mol. The van der Waals surface area contributed by atoms with Gasteiger partial charge in [0.15, 0.2) is 5.49 Å². The minimum Gasteiger partial charge on any atom is -0.436 e. The molecule has 1 heterocycles. The molecule has 0 aliphatic heterocycles. The van der Waals surface area contributed by atoms with Crippen LogP contribution in [0.4, 0.5) is 17.6 Å². The molecule has 1 N–H and O–H groups in total. The largest absolute Gasteiger partial charge is 0.436 e. The molecular formula is C24H18F4N4O. The van der Waals surface area contributed by atoms with Gasteiger partial charge in [-0.3, -0.25) is 10.4 Å². The normalized spacial score (nSPS) is 12.2. The smallest absolute Gasteiger partial charge is 0.416 e. The summed E-state index contributed by atoms with van der Waals surface area (Å²) < 4.78 is 61.5. The van der Waals surface area contributed by atoms with E-state index < -0.39 is 17.6 Å². The fraction of sp³-hybridized carbons (Fsp3) is 0.125. The SMILES string of the molecule is C/N=c1/c2cc(F)ccc2c(Oc2cc(C(F)(F)F)ccc2-c2ccccc2)nn1C(C)=N. The van der Waals surface area contributed by atoms with E-state index in [0.29, 0.717) is 21.9 Å². The van der Waals surface area contributed by atoms with E-state index in [1.807, 2.05) is 0 Å². The van der Waals surface area contributed by atoms with Crippen LogP contribution >= 0.6 is 0 Å². The van der Waals surface area contributed by atoms with Gasteiger partial charge in [0, 0.05) is 23.4 Å². The number of alkyl halides is 3. The number of aromatic nitrogens is 2. The summed E-state index contributed by atoms with van der Waals surface area (Å²) in [5, 5.41) is 13.0. The summed E-state index contributed by atoms with van der Waals surface area (Å²) in [6.07, 6.45) is -4.58. The van der Waals surface area contributed by atoms with Crippen molar-refractivity contribution < 1.29 is 22.3 Å². The maximum absolute atomic E-state index is 14.0. The van der Waals surface area contributed by atoms with Crippen molar-refractivity contribution in [2.24, 2.45) is 4.99 Å². The van der Waals surface area contributed by atoms with Crippen LogP contribution in [0.3, 0.4) is 0 Å². The van der Waals surface area contributed by atoms with Crippen LogP contribution in [0, 0.1) is 11.2 Å². The molecule has 0 spiro atoms. The van der Waals surface area contributed by atoms with E-state index in [1.54, 1.807) is 30.3 Å². The summed E-state index contributed by atoms with van der Waals surface area (Å²) in [5.74, 6) is -0.730. The molecule has 0 radical (unpaired) electrons. The summed E-state index contributed by atoms with van der Waals surface area (Å²) in [6.45, 7) is 1.45. The standard InChI is InChI=1S/C24H18F4N4O/c1-14(29)32-22(30-2)20-13-17(25)9-11-19(20)23(31-32)33-21-12-16(24(26,27)28)8-10-18(21)15-6-4-3-5-7-15/h3-13,29H,1-2H3/b29-14?,30-22-. The molecule has 9 heteroatoms. The van der Waals surface area contributed by atoms with E-state index in [4.69, 9.17) is 10.1 Å². The van der Waals surface area contributed by atoms with E-state index >= 15 is 0 Å². The number of halogens is 4. The van der Waals surface area contributed by atoms with Gasteiger partial charge < -0.3 is 4.74 Å². The Morgan fingerprint density at radius 2 is 1.73 bits per heavy atom. The van der Waals surface area contributed by atoms with Gasteiger partial charge in [-0.1, -0.05) is 36.4 Å². The zero-order chi connectivity index (χ0) is 23.8. The number of ether oxygens (including phenoxy) is 1. The average molecular weight is 454 g/mol. The lowest BCUT2D eigenvalue weighted by atomic mass is 10.0. The van der Waals surface area contributed by atoms with Gasteiger partial charge in [-0.25, -0.2) is 4.39 Å². The Kier molecular flexibility index (Phi) is 5.71. The molecule has 4 rings (SSSR count). The van der Waals surface area contributed by atoms with Gasteiger partial charge in [0.1, 0.15) is 17.4 Å². The van der Waals surface area contributed by atoms with Gasteiger partial charge in [0.05, 0.1) is 5.56 Å². The Bertz CT molecular complexity index is 1430. The van der Waals surface area contributed by atoms with Gasteiger partial charge >= 0.3 is 6.18 Å². The molecule has 4 aromatic rings. The highest BCUT2D eigenvalue weighted by atomic mass is 19.4. The van der Waals surface area contributed by atoms with Crippen molar-refractivity contribution in [2.45, 2.75) is 13.1 Å². The third-order valence-corrected chi connectivity index (χ3v) is 4.97. The number of fused-ring (bicyclic) bond motifs is 1. The molecule has 0 aliphatic rings. The van der Waals surface area contributed by atoms with Crippen molar-refractivity contribution in [3.05, 3.63) is 83.6 Å².